The van der Waals surface area contributed by atoms with E-state index in [9.17, 15) is 19.7 Å². The standard InChI is InChI=1S/C25H32N7O8P/c1-5-36-22-19-21(29-25(27)30-22)32(13-28-19)23-17(11-26)20(33)18(39-23)12-37-41(35,40-16-9-7-6-8-10-16)31-15(4)24(34)38-14(2)3/h6-10,13-15,17-18,20,23,33H,5,12H2,1-4H3,(H,31,35)(H2,27,29,30)/t15-,17-,18-,20+,23-,41+/m1/s1. The molecule has 0 radical (unpaired) electrons. The van der Waals surface area contributed by atoms with Crippen LogP contribution in [0.4, 0.5) is 5.95 Å². The third-order valence-electron chi connectivity index (χ3n) is 5.92. The van der Waals surface area contributed by atoms with E-state index in [4.69, 9.17) is 29.0 Å². The van der Waals surface area contributed by atoms with Crippen LogP contribution in [0.15, 0.2) is 36.7 Å². The maximum atomic E-state index is 13.8. The lowest BCUT2D eigenvalue weighted by molar-refractivity contribution is -0.149. The number of nitrogens with two attached hydrogens (primary N) is 1. The molecule has 41 heavy (non-hydrogen) atoms. The van der Waals surface area contributed by atoms with Crippen LogP contribution in [0.25, 0.3) is 11.2 Å². The Labute approximate surface area is 236 Å². The smallest absolute Gasteiger partial charge is 0.459 e. The van der Waals surface area contributed by atoms with E-state index >= 15 is 0 Å². The predicted octanol–water partition coefficient (Wildman–Crippen LogP) is 2.34. The Bertz CT molecular complexity index is 1450. The monoisotopic (exact) mass is 589 g/mol. The molecule has 1 fully saturated rings. The number of esters is 1. The molecule has 3 heterocycles. The van der Waals surface area contributed by atoms with Gasteiger partial charge < -0.3 is 29.6 Å². The lowest BCUT2D eigenvalue weighted by atomic mass is 10.0. The van der Waals surface area contributed by atoms with E-state index < -0.39 is 56.8 Å². The van der Waals surface area contributed by atoms with Crippen molar-refractivity contribution in [3.8, 4) is 17.7 Å². The Morgan fingerprint density at radius 2 is 2.02 bits per heavy atom. The summed E-state index contributed by atoms with van der Waals surface area (Å²) in [6, 6.07) is 9.19. The van der Waals surface area contributed by atoms with Gasteiger partial charge in [0.05, 0.1) is 31.7 Å². The van der Waals surface area contributed by atoms with Crippen LogP contribution < -0.4 is 20.1 Å². The quantitative estimate of drug-likeness (QED) is 0.205. The number of rotatable bonds is 12. The Morgan fingerprint density at radius 1 is 1.29 bits per heavy atom. The molecule has 1 aliphatic heterocycles. The minimum absolute atomic E-state index is 0.0789. The number of nitrogen functional groups attached to an aromatic ring is 1. The van der Waals surface area contributed by atoms with Gasteiger partial charge in [-0.05, 0) is 39.8 Å². The predicted molar refractivity (Wildman–Crippen MR) is 144 cm³/mol. The highest BCUT2D eigenvalue weighted by molar-refractivity contribution is 7.52. The van der Waals surface area contributed by atoms with Gasteiger partial charge in [0.15, 0.2) is 17.4 Å². The summed E-state index contributed by atoms with van der Waals surface area (Å²) < 4.78 is 43.2. The van der Waals surface area contributed by atoms with Crippen LogP contribution in [0.5, 0.6) is 11.6 Å². The zero-order chi connectivity index (χ0) is 29.7. The van der Waals surface area contributed by atoms with Crippen molar-refractivity contribution in [1.82, 2.24) is 24.6 Å². The van der Waals surface area contributed by atoms with Gasteiger partial charge >= 0.3 is 13.7 Å². The fourth-order valence-electron chi connectivity index (χ4n) is 4.10. The van der Waals surface area contributed by atoms with Gasteiger partial charge in [0.2, 0.25) is 11.8 Å². The summed E-state index contributed by atoms with van der Waals surface area (Å²) >= 11 is 0. The highest BCUT2D eigenvalue weighted by Gasteiger charge is 2.47. The zero-order valence-electron chi connectivity index (χ0n) is 22.9. The normalized spacial score (nSPS) is 22.7. The van der Waals surface area contributed by atoms with Crippen LogP contribution in [0.3, 0.4) is 0 Å². The average Bonchev–Trinajstić information content (AvgIpc) is 3.47. The summed E-state index contributed by atoms with van der Waals surface area (Å²) in [4.78, 5) is 24.9. The number of nitrogens with zero attached hydrogens (tertiary/aromatic N) is 5. The van der Waals surface area contributed by atoms with Crippen LogP contribution >= 0.6 is 7.75 Å². The van der Waals surface area contributed by atoms with Gasteiger partial charge in [-0.1, -0.05) is 18.2 Å². The molecule has 0 aliphatic carbocycles. The summed E-state index contributed by atoms with van der Waals surface area (Å²) in [5.74, 6) is -1.46. The van der Waals surface area contributed by atoms with Gasteiger partial charge in [0, 0.05) is 0 Å². The number of aliphatic hydroxyl groups is 1. The van der Waals surface area contributed by atoms with Crippen molar-refractivity contribution >= 4 is 30.8 Å². The van der Waals surface area contributed by atoms with Gasteiger partial charge in [-0.3, -0.25) is 13.9 Å². The molecule has 0 amide bonds. The molecule has 4 rings (SSSR count). The lowest BCUT2D eigenvalue weighted by Gasteiger charge is -2.25. The molecular weight excluding hydrogens is 557 g/mol. The van der Waals surface area contributed by atoms with Gasteiger partial charge in [-0.25, -0.2) is 9.55 Å². The number of carbonyl (C=O) groups is 1. The number of imidazole rings is 1. The molecular formula is C25H32N7O8P. The molecule has 1 saturated heterocycles. The third-order valence-corrected chi connectivity index (χ3v) is 7.56. The highest BCUT2D eigenvalue weighted by Crippen LogP contribution is 2.46. The number of aliphatic hydroxyl groups excluding tert-OH is 1. The molecule has 1 aliphatic rings. The van der Waals surface area contributed by atoms with E-state index in [1.807, 2.05) is 6.07 Å². The topological polar surface area (TPSA) is 206 Å². The van der Waals surface area contributed by atoms with Crippen molar-refractivity contribution in [1.29, 1.82) is 5.26 Å². The van der Waals surface area contributed by atoms with Gasteiger partial charge in [0.1, 0.15) is 29.9 Å². The Hall–Kier alpha value is -3.80. The number of benzene rings is 1. The first-order valence-electron chi connectivity index (χ1n) is 12.9. The second kappa shape index (κ2) is 12.8. The van der Waals surface area contributed by atoms with E-state index in [0.29, 0.717) is 12.1 Å². The fraction of sp³-hybridized carbons (Fsp3) is 0.480. The number of nitrogens with one attached hydrogen (secondary N) is 1. The minimum Gasteiger partial charge on any atom is -0.476 e. The maximum absolute atomic E-state index is 13.8. The minimum atomic E-state index is -4.24. The number of para-hydroxylation sites is 1. The molecule has 0 bridgehead atoms. The Balaban J connectivity index is 1.56. The van der Waals surface area contributed by atoms with Gasteiger partial charge in [-0.15, -0.1) is 0 Å². The fourth-order valence-corrected chi connectivity index (χ4v) is 5.60. The maximum Gasteiger partial charge on any atom is 0.459 e. The van der Waals surface area contributed by atoms with E-state index in [0.717, 1.165) is 0 Å². The van der Waals surface area contributed by atoms with E-state index in [-0.39, 0.29) is 23.2 Å². The number of nitriles is 1. The van der Waals surface area contributed by atoms with Gasteiger partial charge in [0.25, 0.3) is 0 Å². The summed E-state index contributed by atoms with van der Waals surface area (Å²) in [6.07, 6.45) is -2.56. The number of anilines is 1. The van der Waals surface area contributed by atoms with E-state index in [1.54, 1.807) is 51.1 Å². The lowest BCUT2D eigenvalue weighted by Crippen LogP contribution is -2.37. The third kappa shape index (κ3) is 6.92. The van der Waals surface area contributed by atoms with Crippen molar-refractivity contribution < 1.29 is 37.7 Å². The van der Waals surface area contributed by atoms with E-state index in [2.05, 4.69) is 20.0 Å². The largest absolute Gasteiger partial charge is 0.476 e. The van der Waals surface area contributed by atoms with E-state index in [1.165, 1.54) is 17.8 Å². The Morgan fingerprint density at radius 3 is 2.68 bits per heavy atom. The number of fused-ring (bicyclic) bond motifs is 1. The summed E-state index contributed by atoms with van der Waals surface area (Å²) in [6.45, 7) is 6.44. The van der Waals surface area contributed by atoms with Crippen molar-refractivity contribution in [3.63, 3.8) is 0 Å². The van der Waals surface area contributed by atoms with Gasteiger partial charge in [-0.2, -0.15) is 20.3 Å². The molecule has 6 atom stereocenters. The number of aromatic nitrogens is 4. The number of hydrogen-bond donors (Lipinski definition) is 3. The van der Waals surface area contributed by atoms with Crippen molar-refractivity contribution in [3.05, 3.63) is 36.7 Å². The molecule has 0 saturated carbocycles. The molecule has 1 aromatic carbocycles. The molecule has 2 aromatic heterocycles. The second-order valence-corrected chi connectivity index (χ2v) is 11.1. The van der Waals surface area contributed by atoms with Crippen LogP contribution in [0, 0.1) is 17.2 Å². The molecule has 3 aromatic rings. The molecule has 4 N–H and O–H groups in total. The van der Waals surface area contributed by atoms with Crippen LogP contribution in [-0.2, 0) is 23.4 Å². The van der Waals surface area contributed by atoms with Crippen molar-refractivity contribution in [2.75, 3.05) is 18.9 Å². The molecule has 0 unspecified atom stereocenters. The highest BCUT2D eigenvalue weighted by atomic mass is 31.2. The van der Waals surface area contributed by atoms with Crippen molar-refractivity contribution in [2.45, 2.75) is 58.3 Å². The average molecular weight is 590 g/mol. The first-order valence-corrected chi connectivity index (χ1v) is 14.4. The second-order valence-electron chi connectivity index (χ2n) is 9.39. The molecule has 16 heteroatoms. The number of hydrogen-bond acceptors (Lipinski definition) is 13. The Kier molecular flexibility index (Phi) is 9.42. The molecule has 0 spiro atoms. The molecule has 15 nitrogen and oxygen atoms in total. The SMILES string of the molecule is CCOc1nc(N)nc2c1ncn2[C@@H]1O[C@H](CO[P@@](=O)(N[C@H](C)C(=O)OC(C)C)Oc2ccccc2)[C@@H](O)[C@H]1C#N. The summed E-state index contributed by atoms with van der Waals surface area (Å²) in [5.41, 5.74) is 6.37. The first-order chi connectivity index (χ1) is 19.5. The zero-order valence-corrected chi connectivity index (χ0v) is 23.8. The van der Waals surface area contributed by atoms with Crippen LogP contribution in [-0.4, -0.2) is 68.2 Å². The van der Waals surface area contributed by atoms with Crippen LogP contribution in [0.1, 0.15) is 33.9 Å². The molecule has 220 valence electrons. The van der Waals surface area contributed by atoms with Crippen LogP contribution in [0.2, 0.25) is 0 Å². The number of ether oxygens (including phenoxy) is 3. The number of carbonyl (C=O) groups excluding carboxylic acids is 1. The first kappa shape index (κ1) is 30.2. The summed E-state index contributed by atoms with van der Waals surface area (Å²) in [5, 5.41) is 23.4. The van der Waals surface area contributed by atoms with Crippen molar-refractivity contribution in [2.24, 2.45) is 5.92 Å². The summed E-state index contributed by atoms with van der Waals surface area (Å²) in [7, 11) is -4.24.